The first-order valence-corrected chi connectivity index (χ1v) is 4.80. The minimum atomic E-state index is 0.454. The number of aromatic nitrogens is 2. The zero-order chi connectivity index (χ0) is 10.4. The monoisotopic (exact) mass is 199 g/mol. The van der Waals surface area contributed by atoms with Crippen molar-refractivity contribution in [2.75, 3.05) is 25.1 Å². The molecule has 1 rings (SSSR count). The number of hydrogen-bond donors (Lipinski definition) is 1. The standard InChI is InChI=1S/C9H17N3O2/c1-7(2)6-13-5-4-10-9-11-8(3)12-14-9/h7H,4-6H2,1-3H3,(H,10,11,12). The molecule has 0 amide bonds. The minimum Gasteiger partial charge on any atom is -0.379 e. The molecule has 0 bridgehead atoms. The van der Waals surface area contributed by atoms with E-state index in [2.05, 4.69) is 29.3 Å². The molecule has 0 saturated carbocycles. The quantitative estimate of drug-likeness (QED) is 0.703. The molecule has 1 heterocycles. The van der Waals surface area contributed by atoms with E-state index in [4.69, 9.17) is 9.26 Å². The van der Waals surface area contributed by atoms with Crippen molar-refractivity contribution in [2.45, 2.75) is 20.8 Å². The number of ether oxygens (including phenoxy) is 1. The van der Waals surface area contributed by atoms with Gasteiger partial charge in [-0.2, -0.15) is 4.98 Å². The third-order valence-corrected chi connectivity index (χ3v) is 1.50. The molecule has 0 atom stereocenters. The van der Waals surface area contributed by atoms with Crippen molar-refractivity contribution in [3.8, 4) is 0 Å². The van der Waals surface area contributed by atoms with Crippen molar-refractivity contribution < 1.29 is 9.26 Å². The smallest absolute Gasteiger partial charge is 0.321 e. The maximum Gasteiger partial charge on any atom is 0.321 e. The van der Waals surface area contributed by atoms with Gasteiger partial charge in [0.25, 0.3) is 0 Å². The van der Waals surface area contributed by atoms with Gasteiger partial charge in [-0.05, 0) is 12.8 Å². The molecule has 1 aromatic rings. The predicted octanol–water partition coefficient (Wildman–Crippen LogP) is 1.46. The van der Waals surface area contributed by atoms with Crippen LogP contribution in [0.2, 0.25) is 0 Å². The fourth-order valence-electron chi connectivity index (χ4n) is 0.918. The van der Waals surface area contributed by atoms with Gasteiger partial charge in [-0.25, -0.2) is 0 Å². The van der Waals surface area contributed by atoms with Gasteiger partial charge >= 0.3 is 6.01 Å². The van der Waals surface area contributed by atoms with Gasteiger partial charge in [0, 0.05) is 13.2 Å². The first-order chi connectivity index (χ1) is 6.68. The van der Waals surface area contributed by atoms with Gasteiger partial charge in [0.15, 0.2) is 5.82 Å². The first-order valence-electron chi connectivity index (χ1n) is 4.80. The SMILES string of the molecule is Cc1noc(NCCOCC(C)C)n1. The van der Waals surface area contributed by atoms with Crippen LogP contribution in [0.25, 0.3) is 0 Å². The lowest BCUT2D eigenvalue weighted by molar-refractivity contribution is 0.118. The maximum atomic E-state index is 5.37. The highest BCUT2D eigenvalue weighted by molar-refractivity contribution is 5.17. The molecular weight excluding hydrogens is 182 g/mol. The lowest BCUT2D eigenvalue weighted by Crippen LogP contribution is -2.12. The molecule has 14 heavy (non-hydrogen) atoms. The molecule has 0 radical (unpaired) electrons. The molecule has 0 aliphatic carbocycles. The second kappa shape index (κ2) is 5.59. The Bertz CT molecular complexity index is 260. The summed E-state index contributed by atoms with van der Waals surface area (Å²) in [4.78, 5) is 4.00. The highest BCUT2D eigenvalue weighted by Gasteiger charge is 2.00. The van der Waals surface area contributed by atoms with Gasteiger partial charge < -0.3 is 14.6 Å². The number of hydrogen-bond acceptors (Lipinski definition) is 5. The van der Waals surface area contributed by atoms with E-state index in [-0.39, 0.29) is 0 Å². The lowest BCUT2D eigenvalue weighted by Gasteiger charge is -2.06. The summed E-state index contributed by atoms with van der Waals surface area (Å²) in [5.41, 5.74) is 0. The lowest BCUT2D eigenvalue weighted by atomic mass is 10.2. The second-order valence-electron chi connectivity index (χ2n) is 3.54. The Kier molecular flexibility index (Phi) is 4.39. The summed E-state index contributed by atoms with van der Waals surface area (Å²) in [7, 11) is 0. The van der Waals surface area contributed by atoms with Crippen molar-refractivity contribution >= 4 is 6.01 Å². The Morgan fingerprint density at radius 2 is 2.29 bits per heavy atom. The molecular formula is C9H17N3O2. The molecule has 5 heteroatoms. The van der Waals surface area contributed by atoms with E-state index < -0.39 is 0 Å². The zero-order valence-corrected chi connectivity index (χ0v) is 8.91. The van der Waals surface area contributed by atoms with Crippen LogP contribution in [0.15, 0.2) is 4.52 Å². The summed E-state index contributed by atoms with van der Waals surface area (Å²) in [5, 5.41) is 6.63. The molecule has 0 unspecified atom stereocenters. The molecule has 5 nitrogen and oxygen atoms in total. The van der Waals surface area contributed by atoms with Gasteiger partial charge in [0.1, 0.15) is 0 Å². The number of nitrogens with zero attached hydrogens (tertiary/aromatic N) is 2. The van der Waals surface area contributed by atoms with E-state index in [0.29, 0.717) is 30.9 Å². The van der Waals surface area contributed by atoms with Gasteiger partial charge in [0.2, 0.25) is 0 Å². The molecule has 1 N–H and O–H groups in total. The summed E-state index contributed by atoms with van der Waals surface area (Å²) in [6.07, 6.45) is 0. The molecule has 1 aromatic heterocycles. The summed E-state index contributed by atoms with van der Waals surface area (Å²) in [6.45, 7) is 8.14. The Labute approximate surface area is 83.8 Å². The molecule has 0 aliphatic heterocycles. The molecule has 0 saturated heterocycles. The first kappa shape index (κ1) is 11.0. The van der Waals surface area contributed by atoms with E-state index in [9.17, 15) is 0 Å². The van der Waals surface area contributed by atoms with E-state index >= 15 is 0 Å². The summed E-state index contributed by atoms with van der Waals surface area (Å²) in [6, 6.07) is 0.454. The van der Waals surface area contributed by atoms with Crippen molar-refractivity contribution in [1.29, 1.82) is 0 Å². The largest absolute Gasteiger partial charge is 0.379 e. The molecule has 0 aliphatic rings. The van der Waals surface area contributed by atoms with Crippen LogP contribution in [0.1, 0.15) is 19.7 Å². The van der Waals surface area contributed by atoms with E-state index in [1.54, 1.807) is 6.92 Å². The van der Waals surface area contributed by atoms with Crippen LogP contribution in [-0.4, -0.2) is 29.9 Å². The van der Waals surface area contributed by atoms with Crippen molar-refractivity contribution in [3.63, 3.8) is 0 Å². The van der Waals surface area contributed by atoms with Gasteiger partial charge in [-0.1, -0.05) is 19.0 Å². The van der Waals surface area contributed by atoms with E-state index in [0.717, 1.165) is 6.61 Å². The predicted molar refractivity (Wildman–Crippen MR) is 53.2 cm³/mol. The third-order valence-electron chi connectivity index (χ3n) is 1.50. The normalized spacial score (nSPS) is 10.9. The third kappa shape index (κ3) is 4.23. The van der Waals surface area contributed by atoms with Crippen LogP contribution < -0.4 is 5.32 Å². The van der Waals surface area contributed by atoms with Crippen LogP contribution in [0.4, 0.5) is 6.01 Å². The zero-order valence-electron chi connectivity index (χ0n) is 8.91. The van der Waals surface area contributed by atoms with Gasteiger partial charge in [0.05, 0.1) is 6.61 Å². The fourth-order valence-corrected chi connectivity index (χ4v) is 0.918. The Hall–Kier alpha value is -1.10. The number of nitrogens with one attached hydrogen (secondary N) is 1. The van der Waals surface area contributed by atoms with E-state index in [1.165, 1.54) is 0 Å². The summed E-state index contributed by atoms with van der Waals surface area (Å²) >= 11 is 0. The second-order valence-corrected chi connectivity index (χ2v) is 3.54. The fraction of sp³-hybridized carbons (Fsp3) is 0.778. The summed E-state index contributed by atoms with van der Waals surface area (Å²) in [5.74, 6) is 1.20. The molecule has 0 spiro atoms. The molecule has 80 valence electrons. The van der Waals surface area contributed by atoms with Crippen molar-refractivity contribution in [1.82, 2.24) is 10.1 Å². The van der Waals surface area contributed by atoms with Crippen LogP contribution in [0, 0.1) is 12.8 Å². The Morgan fingerprint density at radius 1 is 1.50 bits per heavy atom. The number of rotatable bonds is 6. The van der Waals surface area contributed by atoms with Crippen molar-refractivity contribution in [3.05, 3.63) is 5.82 Å². The minimum absolute atomic E-state index is 0.454. The van der Waals surface area contributed by atoms with E-state index in [1.807, 2.05) is 0 Å². The van der Waals surface area contributed by atoms with Crippen LogP contribution >= 0.6 is 0 Å². The molecule has 0 aromatic carbocycles. The highest BCUT2D eigenvalue weighted by Crippen LogP contribution is 2.00. The average Bonchev–Trinajstić information content (AvgIpc) is 2.50. The maximum absolute atomic E-state index is 5.37. The topological polar surface area (TPSA) is 60.2 Å². The average molecular weight is 199 g/mol. The van der Waals surface area contributed by atoms with Gasteiger partial charge in [-0.3, -0.25) is 0 Å². The molecule has 0 fully saturated rings. The Balaban J connectivity index is 2.04. The van der Waals surface area contributed by atoms with Crippen molar-refractivity contribution in [2.24, 2.45) is 5.92 Å². The van der Waals surface area contributed by atoms with Gasteiger partial charge in [-0.15, -0.1) is 0 Å². The Morgan fingerprint density at radius 3 is 2.86 bits per heavy atom. The van der Waals surface area contributed by atoms with Crippen LogP contribution in [0.3, 0.4) is 0 Å². The number of aryl methyl sites for hydroxylation is 1. The van der Waals surface area contributed by atoms with Crippen LogP contribution in [-0.2, 0) is 4.74 Å². The highest BCUT2D eigenvalue weighted by atomic mass is 16.5. The summed E-state index contributed by atoms with van der Waals surface area (Å²) < 4.78 is 10.2. The van der Waals surface area contributed by atoms with Crippen LogP contribution in [0.5, 0.6) is 0 Å². The number of anilines is 1.